The molecule has 0 atom stereocenters. The molecule has 0 saturated carbocycles. The molecule has 0 unspecified atom stereocenters. The lowest BCUT2D eigenvalue weighted by Gasteiger charge is -1.99. The zero-order valence-electron chi connectivity index (χ0n) is 8.53. The summed E-state index contributed by atoms with van der Waals surface area (Å²) in [5.74, 6) is 0.0847. The lowest BCUT2D eigenvalue weighted by molar-refractivity contribution is -0.140. The number of imidazole rings is 1. The summed E-state index contributed by atoms with van der Waals surface area (Å²) in [5.41, 5.74) is -0.737. The summed E-state index contributed by atoms with van der Waals surface area (Å²) in [6.07, 6.45) is -1.06. The predicted octanol–water partition coefficient (Wildman–Crippen LogP) is 2.55. The Kier molecular flexibility index (Phi) is 2.78. The van der Waals surface area contributed by atoms with Crippen molar-refractivity contribution in [3.05, 3.63) is 29.4 Å². The first-order valence-corrected chi connectivity index (χ1v) is 4.84. The molecular weight excluding hydrogens is 257 g/mol. The molecule has 0 saturated heterocycles. The molecule has 0 aliphatic heterocycles. The first-order valence-electron chi connectivity index (χ1n) is 4.46. The van der Waals surface area contributed by atoms with Crippen LogP contribution < -0.4 is 0 Å². The smallest absolute Gasteiger partial charge is 0.332 e. The summed E-state index contributed by atoms with van der Waals surface area (Å²) in [6.45, 7) is 0. The average Bonchev–Trinajstić information content (AvgIpc) is 2.61. The lowest BCUT2D eigenvalue weighted by atomic mass is 10.4. The fraction of sp³-hybridized carbons (Fsp3) is 0.222. The third-order valence-corrected chi connectivity index (χ3v) is 2.21. The normalized spacial score (nSPS) is 11.8. The van der Waals surface area contributed by atoms with Crippen LogP contribution in [0.5, 0.6) is 0 Å². The highest BCUT2D eigenvalue weighted by atomic mass is 35.5. The number of aromatic nitrogens is 4. The van der Waals surface area contributed by atoms with Crippen molar-refractivity contribution in [3.63, 3.8) is 0 Å². The van der Waals surface area contributed by atoms with E-state index < -0.39 is 11.9 Å². The maximum absolute atomic E-state index is 12.4. The number of hydrogen-bond donors (Lipinski definition) is 0. The molecule has 0 N–H and O–H groups in total. The van der Waals surface area contributed by atoms with Crippen LogP contribution in [-0.4, -0.2) is 19.5 Å². The second-order valence-corrected chi connectivity index (χ2v) is 3.67. The van der Waals surface area contributed by atoms with Crippen LogP contribution in [0.15, 0.2) is 18.6 Å². The quantitative estimate of drug-likeness (QED) is 0.793. The number of alkyl halides is 3. The van der Waals surface area contributed by atoms with Gasteiger partial charge < -0.3 is 4.57 Å². The summed E-state index contributed by atoms with van der Waals surface area (Å²) >= 11 is 5.54. The summed E-state index contributed by atoms with van der Waals surface area (Å²) in [5, 5.41) is 0.166. The number of nitrogens with zero attached hydrogens (tertiary/aromatic N) is 4. The van der Waals surface area contributed by atoms with Gasteiger partial charge in [-0.15, -0.1) is 0 Å². The molecule has 2 aromatic rings. The third-order valence-electron chi connectivity index (χ3n) is 2.02. The van der Waals surface area contributed by atoms with Gasteiger partial charge in [0.2, 0.25) is 0 Å². The molecule has 0 fully saturated rings. The molecule has 8 heteroatoms. The largest absolute Gasteiger partial charge is 0.434 e. The van der Waals surface area contributed by atoms with Gasteiger partial charge in [-0.1, -0.05) is 11.6 Å². The van der Waals surface area contributed by atoms with Gasteiger partial charge in [0, 0.05) is 13.2 Å². The molecule has 0 spiro atoms. The van der Waals surface area contributed by atoms with E-state index in [-0.39, 0.29) is 16.7 Å². The van der Waals surface area contributed by atoms with E-state index in [2.05, 4.69) is 15.0 Å². The summed E-state index contributed by atoms with van der Waals surface area (Å²) in [6, 6.07) is 0. The Morgan fingerprint density at radius 1 is 1.24 bits per heavy atom. The van der Waals surface area contributed by atoms with Gasteiger partial charge in [0.1, 0.15) is 10.8 Å². The summed E-state index contributed by atoms with van der Waals surface area (Å²) in [7, 11) is 1.45. The molecule has 2 heterocycles. The Balaban J connectivity index is 2.46. The first kappa shape index (κ1) is 11.8. The summed E-state index contributed by atoms with van der Waals surface area (Å²) in [4.78, 5) is 11.1. The second kappa shape index (κ2) is 3.99. The monoisotopic (exact) mass is 262 g/mol. The molecule has 90 valence electrons. The minimum Gasteiger partial charge on any atom is -0.332 e. The molecule has 2 aromatic heterocycles. The zero-order chi connectivity index (χ0) is 12.6. The van der Waals surface area contributed by atoms with Crippen molar-refractivity contribution >= 4 is 11.6 Å². The van der Waals surface area contributed by atoms with Gasteiger partial charge in [0.15, 0.2) is 11.5 Å². The molecule has 0 amide bonds. The Morgan fingerprint density at radius 3 is 2.41 bits per heavy atom. The highest BCUT2D eigenvalue weighted by Crippen LogP contribution is 2.29. The fourth-order valence-electron chi connectivity index (χ4n) is 1.27. The Labute approximate surface area is 99.1 Å². The van der Waals surface area contributed by atoms with Gasteiger partial charge in [-0.05, 0) is 0 Å². The van der Waals surface area contributed by atoms with Crippen molar-refractivity contribution in [1.82, 2.24) is 19.5 Å². The van der Waals surface area contributed by atoms with Crippen molar-refractivity contribution in [2.24, 2.45) is 7.05 Å². The Morgan fingerprint density at radius 2 is 1.94 bits per heavy atom. The van der Waals surface area contributed by atoms with Crippen molar-refractivity contribution in [1.29, 1.82) is 0 Å². The van der Waals surface area contributed by atoms with Crippen LogP contribution >= 0.6 is 11.6 Å². The zero-order valence-corrected chi connectivity index (χ0v) is 9.29. The van der Waals surface area contributed by atoms with E-state index in [0.29, 0.717) is 0 Å². The van der Waals surface area contributed by atoms with Gasteiger partial charge in [-0.25, -0.2) is 15.0 Å². The first-order chi connectivity index (χ1) is 7.88. The van der Waals surface area contributed by atoms with Crippen LogP contribution in [0, 0.1) is 0 Å². The van der Waals surface area contributed by atoms with Crippen molar-refractivity contribution in [3.8, 4) is 11.5 Å². The van der Waals surface area contributed by atoms with Crippen LogP contribution in [0.2, 0.25) is 5.15 Å². The van der Waals surface area contributed by atoms with Gasteiger partial charge in [-0.3, -0.25) is 0 Å². The van der Waals surface area contributed by atoms with E-state index in [1.54, 1.807) is 0 Å². The minimum atomic E-state index is -4.48. The average molecular weight is 263 g/mol. The van der Waals surface area contributed by atoms with E-state index in [1.165, 1.54) is 24.0 Å². The molecule has 0 bridgehead atoms. The highest BCUT2D eigenvalue weighted by molar-refractivity contribution is 6.29. The van der Waals surface area contributed by atoms with Crippen molar-refractivity contribution in [2.75, 3.05) is 0 Å². The van der Waals surface area contributed by atoms with Crippen LogP contribution in [0.3, 0.4) is 0 Å². The standard InChI is InChI=1S/C9H6ClF3N4/c1-17-4-6(9(11,12)13)16-8(17)5-2-15-7(10)3-14-5/h2-4H,1H3. The van der Waals surface area contributed by atoms with Gasteiger partial charge in [-0.2, -0.15) is 13.2 Å². The molecule has 17 heavy (non-hydrogen) atoms. The maximum Gasteiger partial charge on any atom is 0.434 e. The molecule has 4 nitrogen and oxygen atoms in total. The topological polar surface area (TPSA) is 43.6 Å². The molecule has 0 aromatic carbocycles. The van der Waals surface area contributed by atoms with Crippen LogP contribution in [0.25, 0.3) is 11.5 Å². The van der Waals surface area contributed by atoms with Gasteiger partial charge >= 0.3 is 6.18 Å². The molecule has 2 rings (SSSR count). The predicted molar refractivity (Wildman–Crippen MR) is 54.2 cm³/mol. The Bertz CT molecular complexity index is 532. The van der Waals surface area contributed by atoms with Crippen molar-refractivity contribution in [2.45, 2.75) is 6.18 Å². The molecule has 0 aliphatic carbocycles. The minimum absolute atomic E-state index is 0.0847. The van der Waals surface area contributed by atoms with Crippen LogP contribution in [0.4, 0.5) is 13.2 Å². The van der Waals surface area contributed by atoms with E-state index in [9.17, 15) is 13.2 Å². The van der Waals surface area contributed by atoms with E-state index in [0.717, 1.165) is 6.20 Å². The van der Waals surface area contributed by atoms with E-state index in [4.69, 9.17) is 11.6 Å². The molecule has 0 aliphatic rings. The van der Waals surface area contributed by atoms with Gasteiger partial charge in [0.05, 0.1) is 12.4 Å². The van der Waals surface area contributed by atoms with Crippen LogP contribution in [0.1, 0.15) is 5.69 Å². The second-order valence-electron chi connectivity index (χ2n) is 3.28. The molecule has 0 radical (unpaired) electrons. The van der Waals surface area contributed by atoms with Crippen LogP contribution in [-0.2, 0) is 13.2 Å². The number of rotatable bonds is 1. The van der Waals surface area contributed by atoms with Gasteiger partial charge in [0.25, 0.3) is 0 Å². The highest BCUT2D eigenvalue weighted by Gasteiger charge is 2.34. The number of halogens is 4. The van der Waals surface area contributed by atoms with Crippen molar-refractivity contribution < 1.29 is 13.2 Å². The third kappa shape index (κ3) is 2.38. The Hall–Kier alpha value is -1.63. The van der Waals surface area contributed by atoms with E-state index >= 15 is 0 Å². The van der Waals surface area contributed by atoms with E-state index in [1.807, 2.05) is 0 Å². The number of hydrogen-bond acceptors (Lipinski definition) is 3. The SMILES string of the molecule is Cn1cc(C(F)(F)F)nc1-c1cnc(Cl)cn1. The summed E-state index contributed by atoms with van der Waals surface area (Å²) < 4.78 is 38.5. The molecular formula is C9H6ClF3N4. The maximum atomic E-state index is 12.4. The lowest BCUT2D eigenvalue weighted by Crippen LogP contribution is -2.05. The fourth-order valence-corrected chi connectivity index (χ4v) is 1.37. The number of aryl methyl sites for hydroxylation is 1.